The maximum absolute atomic E-state index is 12.1. The van der Waals surface area contributed by atoms with Crippen molar-refractivity contribution in [3.63, 3.8) is 0 Å². The number of carbonyl (C=O) groups excluding carboxylic acids is 1. The van der Waals surface area contributed by atoms with Crippen LogP contribution in [0.4, 0.5) is 18.9 Å². The Bertz CT molecular complexity index is 961. The van der Waals surface area contributed by atoms with Crippen molar-refractivity contribution in [3.8, 4) is 17.2 Å². The molecule has 1 N–H and O–H groups in total. The van der Waals surface area contributed by atoms with Crippen LogP contribution in [0.5, 0.6) is 5.75 Å². The summed E-state index contributed by atoms with van der Waals surface area (Å²) in [6.45, 7) is 1.81. The summed E-state index contributed by atoms with van der Waals surface area (Å²) in [6, 6.07) is 8.38. The van der Waals surface area contributed by atoms with Gasteiger partial charge in [-0.1, -0.05) is 11.8 Å². The molecule has 0 aliphatic carbocycles. The first-order valence-corrected chi connectivity index (χ1v) is 8.82. The van der Waals surface area contributed by atoms with E-state index in [1.807, 2.05) is 0 Å². The van der Waals surface area contributed by atoms with Crippen LogP contribution >= 0.6 is 11.8 Å². The Balaban J connectivity index is 1.54. The molecule has 28 heavy (non-hydrogen) atoms. The summed E-state index contributed by atoms with van der Waals surface area (Å²) in [5, 5.41) is 10.5. The summed E-state index contributed by atoms with van der Waals surface area (Å²) < 4.78 is 45.6. The van der Waals surface area contributed by atoms with Crippen LogP contribution in [0, 0.1) is 6.92 Å². The molecule has 0 bridgehead atoms. The van der Waals surface area contributed by atoms with Crippen LogP contribution in [0.15, 0.2) is 52.2 Å². The second-order valence-electron chi connectivity index (χ2n) is 5.44. The van der Waals surface area contributed by atoms with Gasteiger partial charge >= 0.3 is 6.36 Å². The van der Waals surface area contributed by atoms with Gasteiger partial charge in [0.05, 0.1) is 11.9 Å². The third-order valence-corrected chi connectivity index (χ3v) is 4.07. The highest BCUT2D eigenvalue weighted by molar-refractivity contribution is 7.99. The van der Waals surface area contributed by atoms with E-state index in [1.54, 1.807) is 19.1 Å². The van der Waals surface area contributed by atoms with Gasteiger partial charge in [-0.3, -0.25) is 4.79 Å². The van der Waals surface area contributed by atoms with E-state index in [9.17, 15) is 18.0 Å². The fraction of sp³-hybridized carbons (Fsp3) is 0.176. The molecule has 0 unspecified atom stereocenters. The van der Waals surface area contributed by atoms with Crippen LogP contribution in [0.1, 0.15) is 5.76 Å². The van der Waals surface area contributed by atoms with Crippen molar-refractivity contribution in [2.75, 3.05) is 11.1 Å². The minimum absolute atomic E-state index is 0.0108. The number of aromatic nitrogens is 3. The topological polar surface area (TPSA) is 90.1 Å². The molecule has 0 fully saturated rings. The van der Waals surface area contributed by atoms with E-state index in [0.29, 0.717) is 17.1 Å². The lowest BCUT2D eigenvalue weighted by Gasteiger charge is -2.09. The lowest BCUT2D eigenvalue weighted by atomic mass is 10.3. The number of halogens is 3. The molecule has 0 aliphatic rings. The van der Waals surface area contributed by atoms with Gasteiger partial charge in [-0.05, 0) is 43.3 Å². The number of benzene rings is 1. The zero-order chi connectivity index (χ0) is 20.1. The third-order valence-electron chi connectivity index (χ3n) is 3.24. The van der Waals surface area contributed by atoms with Crippen molar-refractivity contribution < 1.29 is 27.1 Å². The molecule has 7 nitrogen and oxygen atoms in total. The largest absolute Gasteiger partial charge is 0.573 e. The standard InChI is InChI=1S/C17H13F3N4O3S/c1-10-2-7-14(26-10)13-8-21-24-16(23-13)28-9-15(25)22-11-3-5-12(6-4-11)27-17(18,19)20/h2-8H,9H2,1H3,(H,22,25). The van der Waals surface area contributed by atoms with Crippen molar-refractivity contribution >= 4 is 23.4 Å². The molecule has 0 spiro atoms. The molecule has 2 aromatic heterocycles. The zero-order valence-corrected chi connectivity index (χ0v) is 15.2. The molecular formula is C17H13F3N4O3S. The molecule has 1 aromatic carbocycles. The molecule has 11 heteroatoms. The first kappa shape index (κ1) is 19.7. The number of amides is 1. The Morgan fingerprint density at radius 2 is 1.96 bits per heavy atom. The van der Waals surface area contributed by atoms with Crippen LogP contribution < -0.4 is 10.1 Å². The van der Waals surface area contributed by atoms with Gasteiger partial charge < -0.3 is 14.5 Å². The summed E-state index contributed by atoms with van der Waals surface area (Å²) in [7, 11) is 0. The summed E-state index contributed by atoms with van der Waals surface area (Å²) in [4.78, 5) is 16.3. The molecule has 3 rings (SSSR count). The molecule has 0 atom stereocenters. The highest BCUT2D eigenvalue weighted by atomic mass is 32.2. The summed E-state index contributed by atoms with van der Waals surface area (Å²) in [5.41, 5.74) is 0.824. The summed E-state index contributed by atoms with van der Waals surface area (Å²) in [5.74, 6) is 0.513. The number of thioether (sulfide) groups is 1. The number of aryl methyl sites for hydroxylation is 1. The predicted octanol–water partition coefficient (Wildman–Crippen LogP) is 4.07. The maximum atomic E-state index is 12.1. The fourth-order valence-corrected chi connectivity index (χ4v) is 2.71. The van der Waals surface area contributed by atoms with Crippen molar-refractivity contribution in [2.45, 2.75) is 18.4 Å². The van der Waals surface area contributed by atoms with Crippen molar-refractivity contribution in [1.29, 1.82) is 0 Å². The lowest BCUT2D eigenvalue weighted by molar-refractivity contribution is -0.274. The number of alkyl halides is 3. The molecule has 0 saturated carbocycles. The molecule has 0 radical (unpaired) electrons. The number of ether oxygens (including phenoxy) is 1. The van der Waals surface area contributed by atoms with Crippen molar-refractivity contribution in [3.05, 3.63) is 48.4 Å². The maximum Gasteiger partial charge on any atom is 0.573 e. The van der Waals surface area contributed by atoms with Gasteiger partial charge in [0, 0.05) is 5.69 Å². The second kappa shape index (κ2) is 8.30. The lowest BCUT2D eigenvalue weighted by Crippen LogP contribution is -2.17. The first-order valence-electron chi connectivity index (χ1n) is 7.83. The molecule has 146 valence electrons. The van der Waals surface area contributed by atoms with E-state index in [1.165, 1.54) is 18.3 Å². The molecule has 3 aromatic rings. The number of nitrogens with zero attached hydrogens (tertiary/aromatic N) is 3. The number of rotatable bonds is 6. The quantitative estimate of drug-likeness (QED) is 0.613. The number of nitrogens with one attached hydrogen (secondary N) is 1. The van der Waals surface area contributed by atoms with Gasteiger partial charge in [-0.2, -0.15) is 5.10 Å². The number of anilines is 1. The average molecular weight is 410 g/mol. The van der Waals surface area contributed by atoms with E-state index in [0.717, 1.165) is 29.7 Å². The summed E-state index contributed by atoms with van der Waals surface area (Å²) >= 11 is 1.06. The Morgan fingerprint density at radius 1 is 1.21 bits per heavy atom. The van der Waals surface area contributed by atoms with E-state index < -0.39 is 6.36 Å². The smallest absolute Gasteiger partial charge is 0.460 e. The highest BCUT2D eigenvalue weighted by Crippen LogP contribution is 2.24. The minimum atomic E-state index is -4.77. The van der Waals surface area contributed by atoms with Crippen LogP contribution in [0.3, 0.4) is 0 Å². The highest BCUT2D eigenvalue weighted by Gasteiger charge is 2.30. The molecule has 0 aliphatic heterocycles. The molecule has 2 heterocycles. The Morgan fingerprint density at radius 3 is 2.61 bits per heavy atom. The Kier molecular flexibility index (Phi) is 5.83. The third kappa shape index (κ3) is 5.71. The Labute approximate surface area is 161 Å². The Hall–Kier alpha value is -3.08. The first-order chi connectivity index (χ1) is 13.3. The normalized spacial score (nSPS) is 11.3. The molecule has 0 saturated heterocycles. The predicted molar refractivity (Wildman–Crippen MR) is 94.7 cm³/mol. The van der Waals surface area contributed by atoms with Gasteiger partial charge in [-0.25, -0.2) is 4.98 Å². The number of hydrogen-bond acceptors (Lipinski definition) is 7. The summed E-state index contributed by atoms with van der Waals surface area (Å²) in [6.07, 6.45) is -3.31. The number of furan rings is 1. The van der Waals surface area contributed by atoms with E-state index in [2.05, 4.69) is 25.2 Å². The van der Waals surface area contributed by atoms with Crippen LogP contribution in [-0.4, -0.2) is 33.2 Å². The van der Waals surface area contributed by atoms with E-state index in [-0.39, 0.29) is 22.6 Å². The van der Waals surface area contributed by atoms with Gasteiger partial charge in [0.1, 0.15) is 17.2 Å². The monoisotopic (exact) mass is 410 g/mol. The van der Waals surface area contributed by atoms with Crippen LogP contribution in [0.25, 0.3) is 11.5 Å². The van der Waals surface area contributed by atoms with Gasteiger partial charge in [0.25, 0.3) is 0 Å². The molecular weight excluding hydrogens is 397 g/mol. The zero-order valence-electron chi connectivity index (χ0n) is 14.4. The van der Waals surface area contributed by atoms with Crippen molar-refractivity contribution in [2.24, 2.45) is 0 Å². The van der Waals surface area contributed by atoms with Gasteiger partial charge in [0.15, 0.2) is 5.76 Å². The van der Waals surface area contributed by atoms with Crippen LogP contribution in [0.2, 0.25) is 0 Å². The van der Waals surface area contributed by atoms with E-state index >= 15 is 0 Å². The van der Waals surface area contributed by atoms with Gasteiger partial charge in [0.2, 0.25) is 11.1 Å². The second-order valence-corrected chi connectivity index (χ2v) is 6.39. The SMILES string of the molecule is Cc1ccc(-c2cnnc(SCC(=O)Nc3ccc(OC(F)(F)F)cc3)n2)o1. The van der Waals surface area contributed by atoms with Gasteiger partial charge in [-0.15, -0.1) is 18.3 Å². The number of carbonyl (C=O) groups is 1. The number of hydrogen-bond donors (Lipinski definition) is 1. The fourth-order valence-electron chi connectivity index (χ4n) is 2.11. The van der Waals surface area contributed by atoms with Crippen LogP contribution in [-0.2, 0) is 4.79 Å². The average Bonchev–Trinajstić information content (AvgIpc) is 3.07. The van der Waals surface area contributed by atoms with Crippen molar-refractivity contribution in [1.82, 2.24) is 15.2 Å². The molecule has 1 amide bonds. The minimum Gasteiger partial charge on any atom is -0.460 e. The van der Waals surface area contributed by atoms with E-state index in [4.69, 9.17) is 4.42 Å².